The molecule has 1 aliphatic rings. The standard InChI is InChI=1S/C20H22ClN3O2S/c1-13-7-8-15(9-17(13)21)22-18(25)10-16-11-19(26)24-20(23-16)27-12-14-5-3-2-4-6-14/h2-9,16,20,23H,10-12H2,1H3,(H,22,25)(H,24,26). The van der Waals surface area contributed by atoms with E-state index in [9.17, 15) is 9.59 Å². The van der Waals surface area contributed by atoms with Gasteiger partial charge in [-0.15, -0.1) is 11.8 Å². The molecular weight excluding hydrogens is 382 g/mol. The molecule has 142 valence electrons. The lowest BCUT2D eigenvalue weighted by Gasteiger charge is -2.31. The third kappa shape index (κ3) is 5.99. The second-order valence-corrected chi connectivity index (χ2v) is 8.03. The zero-order valence-corrected chi connectivity index (χ0v) is 16.6. The topological polar surface area (TPSA) is 70.2 Å². The van der Waals surface area contributed by atoms with Crippen molar-refractivity contribution in [3.63, 3.8) is 0 Å². The van der Waals surface area contributed by atoms with Crippen LogP contribution in [-0.4, -0.2) is 23.4 Å². The molecule has 7 heteroatoms. The molecule has 2 unspecified atom stereocenters. The van der Waals surface area contributed by atoms with Crippen LogP contribution in [0.15, 0.2) is 48.5 Å². The number of hydrogen-bond acceptors (Lipinski definition) is 4. The number of halogens is 1. The van der Waals surface area contributed by atoms with Crippen LogP contribution < -0.4 is 16.0 Å². The van der Waals surface area contributed by atoms with Crippen molar-refractivity contribution in [3.8, 4) is 0 Å². The average molecular weight is 404 g/mol. The number of benzene rings is 2. The second kappa shape index (κ2) is 9.26. The van der Waals surface area contributed by atoms with Gasteiger partial charge in [0.1, 0.15) is 5.50 Å². The fourth-order valence-electron chi connectivity index (χ4n) is 2.82. The first kappa shape index (κ1) is 19.7. The quantitative estimate of drug-likeness (QED) is 0.688. The van der Waals surface area contributed by atoms with Crippen LogP contribution in [-0.2, 0) is 15.3 Å². The monoisotopic (exact) mass is 403 g/mol. The summed E-state index contributed by atoms with van der Waals surface area (Å²) in [6.07, 6.45) is 0.506. The lowest BCUT2D eigenvalue weighted by Crippen LogP contribution is -2.55. The molecule has 1 saturated heterocycles. The highest BCUT2D eigenvalue weighted by atomic mass is 35.5. The summed E-state index contributed by atoms with van der Waals surface area (Å²) in [5.74, 6) is 0.587. The van der Waals surface area contributed by atoms with Gasteiger partial charge >= 0.3 is 0 Å². The second-order valence-electron chi connectivity index (χ2n) is 6.53. The summed E-state index contributed by atoms with van der Waals surface area (Å²) in [5, 5.41) is 9.71. The summed E-state index contributed by atoms with van der Waals surface area (Å²) in [6.45, 7) is 1.91. The molecule has 27 heavy (non-hydrogen) atoms. The zero-order chi connectivity index (χ0) is 19.2. The fourth-order valence-corrected chi connectivity index (χ4v) is 4.06. The number of amides is 2. The van der Waals surface area contributed by atoms with E-state index >= 15 is 0 Å². The summed E-state index contributed by atoms with van der Waals surface area (Å²) in [7, 11) is 0. The van der Waals surface area contributed by atoms with Gasteiger partial charge in [0.05, 0.1) is 0 Å². The molecule has 0 saturated carbocycles. The number of rotatable bonds is 6. The fraction of sp³-hybridized carbons (Fsp3) is 0.300. The Balaban J connectivity index is 1.52. The van der Waals surface area contributed by atoms with Gasteiger partial charge in [-0.05, 0) is 30.2 Å². The minimum absolute atomic E-state index is 0.0458. The Morgan fingerprint density at radius 1 is 1.26 bits per heavy atom. The van der Waals surface area contributed by atoms with Crippen molar-refractivity contribution in [1.29, 1.82) is 0 Å². The maximum Gasteiger partial charge on any atom is 0.225 e. The molecule has 2 aromatic rings. The van der Waals surface area contributed by atoms with Crippen LogP contribution >= 0.6 is 23.4 Å². The third-order valence-electron chi connectivity index (χ3n) is 4.26. The third-order valence-corrected chi connectivity index (χ3v) is 5.75. The van der Waals surface area contributed by atoms with E-state index in [-0.39, 0.29) is 36.2 Å². The molecule has 0 spiro atoms. The molecule has 0 aromatic heterocycles. The Bertz CT molecular complexity index is 816. The Hall–Kier alpha value is -2.02. The van der Waals surface area contributed by atoms with Gasteiger partial charge < -0.3 is 10.6 Å². The van der Waals surface area contributed by atoms with E-state index in [2.05, 4.69) is 28.1 Å². The van der Waals surface area contributed by atoms with Crippen LogP contribution in [0.3, 0.4) is 0 Å². The molecule has 3 rings (SSSR count). The Morgan fingerprint density at radius 2 is 2.04 bits per heavy atom. The van der Waals surface area contributed by atoms with Gasteiger partial charge in [-0.3, -0.25) is 14.9 Å². The van der Waals surface area contributed by atoms with E-state index in [4.69, 9.17) is 11.6 Å². The van der Waals surface area contributed by atoms with E-state index in [0.29, 0.717) is 10.7 Å². The number of aryl methyl sites for hydroxylation is 1. The number of anilines is 1. The van der Waals surface area contributed by atoms with Gasteiger partial charge in [0.2, 0.25) is 11.8 Å². The lowest BCUT2D eigenvalue weighted by atomic mass is 10.1. The normalized spacial score (nSPS) is 19.4. The van der Waals surface area contributed by atoms with Crippen LogP contribution in [0.2, 0.25) is 5.02 Å². The minimum Gasteiger partial charge on any atom is -0.332 e. The van der Waals surface area contributed by atoms with Crippen LogP contribution in [0.5, 0.6) is 0 Å². The maximum atomic E-state index is 12.3. The summed E-state index contributed by atoms with van der Waals surface area (Å²) < 4.78 is 0. The number of carbonyl (C=O) groups is 2. The molecule has 1 heterocycles. The molecule has 1 fully saturated rings. The van der Waals surface area contributed by atoms with E-state index in [1.165, 1.54) is 5.56 Å². The van der Waals surface area contributed by atoms with Crippen molar-refractivity contribution in [2.45, 2.75) is 37.1 Å². The van der Waals surface area contributed by atoms with E-state index in [0.717, 1.165) is 11.3 Å². The van der Waals surface area contributed by atoms with E-state index < -0.39 is 0 Å². The molecule has 3 N–H and O–H groups in total. The Kier molecular flexibility index (Phi) is 6.77. The summed E-state index contributed by atoms with van der Waals surface area (Å²) in [4.78, 5) is 24.3. The molecule has 5 nitrogen and oxygen atoms in total. The molecule has 2 amide bonds. The number of carbonyl (C=O) groups excluding carboxylic acids is 2. The Labute approximate surface area is 168 Å². The van der Waals surface area contributed by atoms with Crippen molar-refractivity contribution in [2.75, 3.05) is 5.32 Å². The average Bonchev–Trinajstić information content (AvgIpc) is 2.63. The largest absolute Gasteiger partial charge is 0.332 e. The number of nitrogens with one attached hydrogen (secondary N) is 3. The van der Waals surface area contributed by atoms with Crippen molar-refractivity contribution in [1.82, 2.24) is 10.6 Å². The van der Waals surface area contributed by atoms with E-state index in [1.54, 1.807) is 17.8 Å². The first-order chi connectivity index (χ1) is 13.0. The zero-order valence-electron chi connectivity index (χ0n) is 15.0. The van der Waals surface area contributed by atoms with Crippen LogP contribution in [0, 0.1) is 6.92 Å². The summed E-state index contributed by atoms with van der Waals surface area (Å²) in [6, 6.07) is 15.3. The highest BCUT2D eigenvalue weighted by Gasteiger charge is 2.27. The lowest BCUT2D eigenvalue weighted by molar-refractivity contribution is -0.124. The van der Waals surface area contributed by atoms with Gasteiger partial charge in [-0.25, -0.2) is 0 Å². The van der Waals surface area contributed by atoms with Crippen molar-refractivity contribution >= 4 is 40.9 Å². The predicted octanol–water partition coefficient (Wildman–Crippen LogP) is 3.67. The summed E-state index contributed by atoms with van der Waals surface area (Å²) >= 11 is 7.69. The van der Waals surface area contributed by atoms with Crippen LogP contribution in [0.25, 0.3) is 0 Å². The Morgan fingerprint density at radius 3 is 2.78 bits per heavy atom. The van der Waals surface area contributed by atoms with Gasteiger partial charge in [-0.1, -0.05) is 48.0 Å². The van der Waals surface area contributed by atoms with Gasteiger partial charge in [0.25, 0.3) is 0 Å². The highest BCUT2D eigenvalue weighted by Crippen LogP contribution is 2.21. The van der Waals surface area contributed by atoms with Gasteiger partial charge in [-0.2, -0.15) is 0 Å². The molecule has 0 aliphatic carbocycles. The van der Waals surface area contributed by atoms with Crippen LogP contribution in [0.4, 0.5) is 5.69 Å². The number of hydrogen-bond donors (Lipinski definition) is 3. The molecule has 0 radical (unpaired) electrons. The van der Waals surface area contributed by atoms with Crippen molar-refractivity contribution in [3.05, 3.63) is 64.7 Å². The van der Waals surface area contributed by atoms with Crippen LogP contribution in [0.1, 0.15) is 24.0 Å². The highest BCUT2D eigenvalue weighted by molar-refractivity contribution is 7.99. The molecular formula is C20H22ClN3O2S. The molecule has 2 atom stereocenters. The van der Waals surface area contributed by atoms with Gasteiger partial charge in [0, 0.05) is 35.3 Å². The molecule has 2 aromatic carbocycles. The maximum absolute atomic E-state index is 12.3. The number of thioether (sulfide) groups is 1. The van der Waals surface area contributed by atoms with Gasteiger partial charge in [0.15, 0.2) is 0 Å². The SMILES string of the molecule is Cc1ccc(NC(=O)CC2CC(=O)NC(SCc3ccccc3)N2)cc1Cl. The first-order valence-corrected chi connectivity index (χ1v) is 10.2. The smallest absolute Gasteiger partial charge is 0.225 e. The summed E-state index contributed by atoms with van der Waals surface area (Å²) in [5.41, 5.74) is 2.59. The first-order valence-electron chi connectivity index (χ1n) is 8.76. The van der Waals surface area contributed by atoms with Crippen molar-refractivity contribution < 1.29 is 9.59 Å². The molecule has 0 bridgehead atoms. The molecule has 1 aliphatic heterocycles. The minimum atomic E-state index is -0.210. The predicted molar refractivity (Wildman–Crippen MR) is 111 cm³/mol. The van der Waals surface area contributed by atoms with E-state index in [1.807, 2.05) is 37.3 Å². The van der Waals surface area contributed by atoms with Crippen molar-refractivity contribution in [2.24, 2.45) is 0 Å².